The van der Waals surface area contributed by atoms with Crippen molar-refractivity contribution in [3.63, 3.8) is 0 Å². The van der Waals surface area contributed by atoms with Gasteiger partial charge in [-0.2, -0.15) is 18.3 Å². The SMILES string of the molecule is O=C(c1cc2n(n1)[C@@H](C(F)(F)F)C[C@@H](c1ccccc1)N2)N1CCc2ccccc2C1. The highest BCUT2D eigenvalue weighted by atomic mass is 19.4. The molecule has 0 unspecified atom stereocenters. The average Bonchev–Trinajstić information content (AvgIpc) is 3.21. The van der Waals surface area contributed by atoms with Crippen LogP contribution >= 0.6 is 0 Å². The molecule has 2 aromatic carbocycles. The fraction of sp³-hybridized carbons (Fsp3) is 0.304. The normalized spacial score (nSPS) is 20.5. The van der Waals surface area contributed by atoms with E-state index in [2.05, 4.69) is 10.4 Å². The van der Waals surface area contributed by atoms with Gasteiger partial charge in [-0.1, -0.05) is 54.6 Å². The van der Waals surface area contributed by atoms with Crippen molar-refractivity contribution in [2.24, 2.45) is 0 Å². The first-order valence-electron chi connectivity index (χ1n) is 10.2. The number of rotatable bonds is 2. The van der Waals surface area contributed by atoms with Gasteiger partial charge in [0.25, 0.3) is 5.91 Å². The molecule has 31 heavy (non-hydrogen) atoms. The van der Waals surface area contributed by atoms with Crippen LogP contribution in [0.2, 0.25) is 0 Å². The fourth-order valence-corrected chi connectivity index (χ4v) is 4.41. The molecule has 2 atom stereocenters. The minimum Gasteiger partial charge on any atom is -0.363 e. The van der Waals surface area contributed by atoms with E-state index in [0.717, 1.165) is 22.2 Å². The number of carbonyl (C=O) groups excluding carboxylic acids is 1. The van der Waals surface area contributed by atoms with E-state index < -0.39 is 18.3 Å². The monoisotopic (exact) mass is 426 g/mol. The molecule has 1 N–H and O–H groups in total. The zero-order chi connectivity index (χ0) is 21.6. The van der Waals surface area contributed by atoms with Crippen LogP contribution in [0, 0.1) is 0 Å². The maximum absolute atomic E-state index is 13.9. The highest BCUT2D eigenvalue weighted by Gasteiger charge is 2.47. The Morgan fingerprint density at radius 3 is 2.48 bits per heavy atom. The van der Waals surface area contributed by atoms with Crippen molar-refractivity contribution in [1.29, 1.82) is 0 Å². The van der Waals surface area contributed by atoms with Crippen molar-refractivity contribution in [2.75, 3.05) is 11.9 Å². The largest absolute Gasteiger partial charge is 0.410 e. The number of hydrogen-bond acceptors (Lipinski definition) is 3. The van der Waals surface area contributed by atoms with Crippen LogP contribution in [-0.2, 0) is 13.0 Å². The molecule has 1 amide bonds. The lowest BCUT2D eigenvalue weighted by Gasteiger charge is -2.33. The average molecular weight is 426 g/mol. The summed E-state index contributed by atoms with van der Waals surface area (Å²) >= 11 is 0. The molecule has 160 valence electrons. The van der Waals surface area contributed by atoms with E-state index in [1.807, 2.05) is 30.3 Å². The van der Waals surface area contributed by atoms with E-state index in [4.69, 9.17) is 0 Å². The topological polar surface area (TPSA) is 50.2 Å². The predicted octanol–water partition coefficient (Wildman–Crippen LogP) is 4.74. The number of carbonyl (C=O) groups is 1. The van der Waals surface area contributed by atoms with Gasteiger partial charge in [0, 0.05) is 25.6 Å². The Bertz CT molecular complexity index is 1110. The molecule has 2 aliphatic heterocycles. The van der Waals surface area contributed by atoms with Gasteiger partial charge in [0.2, 0.25) is 0 Å². The van der Waals surface area contributed by atoms with E-state index in [-0.39, 0.29) is 23.8 Å². The Kier molecular flexibility index (Phi) is 4.72. The quantitative estimate of drug-likeness (QED) is 0.644. The zero-order valence-corrected chi connectivity index (χ0v) is 16.6. The number of alkyl halides is 3. The molecule has 0 radical (unpaired) electrons. The molecule has 0 aliphatic carbocycles. The minimum absolute atomic E-state index is 0.0323. The van der Waals surface area contributed by atoms with Crippen LogP contribution in [0.1, 0.15) is 45.7 Å². The summed E-state index contributed by atoms with van der Waals surface area (Å²) in [5.74, 6) is -0.140. The maximum Gasteiger partial charge on any atom is 0.410 e. The van der Waals surface area contributed by atoms with E-state index in [1.54, 1.807) is 29.2 Å². The van der Waals surface area contributed by atoms with Crippen molar-refractivity contribution in [1.82, 2.24) is 14.7 Å². The molecule has 2 aliphatic rings. The third-order valence-corrected chi connectivity index (χ3v) is 6.03. The second kappa shape index (κ2) is 7.44. The standard InChI is InChI=1S/C23H21F3N4O/c24-23(25,26)20-12-18(16-7-2-1-3-8-16)27-21-13-19(28-30(20)21)22(31)29-11-10-15-6-4-5-9-17(15)14-29/h1-9,13,18,20,27H,10-12,14H2/t18-,20+/m0/s1. The van der Waals surface area contributed by atoms with Crippen LogP contribution in [0.4, 0.5) is 19.0 Å². The lowest BCUT2D eigenvalue weighted by molar-refractivity contribution is -0.173. The highest BCUT2D eigenvalue weighted by molar-refractivity contribution is 5.93. The number of fused-ring (bicyclic) bond motifs is 2. The maximum atomic E-state index is 13.9. The summed E-state index contributed by atoms with van der Waals surface area (Å²) < 4.78 is 42.5. The molecule has 3 heterocycles. The number of hydrogen-bond donors (Lipinski definition) is 1. The Morgan fingerprint density at radius 1 is 1.03 bits per heavy atom. The van der Waals surface area contributed by atoms with Crippen LogP contribution in [0.3, 0.4) is 0 Å². The Morgan fingerprint density at radius 2 is 1.74 bits per heavy atom. The number of aromatic nitrogens is 2. The molecule has 5 rings (SSSR count). The molecule has 5 nitrogen and oxygen atoms in total. The van der Waals surface area contributed by atoms with Crippen LogP contribution in [-0.4, -0.2) is 33.3 Å². The van der Waals surface area contributed by atoms with Gasteiger partial charge in [0.05, 0.1) is 6.04 Å². The number of nitrogens with one attached hydrogen (secondary N) is 1. The van der Waals surface area contributed by atoms with Gasteiger partial charge in [-0.05, 0) is 23.1 Å². The van der Waals surface area contributed by atoms with E-state index in [0.29, 0.717) is 13.1 Å². The van der Waals surface area contributed by atoms with Crippen molar-refractivity contribution in [3.8, 4) is 0 Å². The first kappa shape index (κ1) is 19.7. The third kappa shape index (κ3) is 3.66. The van der Waals surface area contributed by atoms with Crippen molar-refractivity contribution in [2.45, 2.75) is 37.6 Å². The summed E-state index contributed by atoms with van der Waals surface area (Å²) in [6.07, 6.45) is -3.94. The van der Waals surface area contributed by atoms with Crippen LogP contribution in [0.25, 0.3) is 0 Å². The molecule has 0 saturated heterocycles. The summed E-state index contributed by atoms with van der Waals surface area (Å²) in [4.78, 5) is 14.7. The van der Waals surface area contributed by atoms with Gasteiger partial charge in [0.1, 0.15) is 5.82 Å². The van der Waals surface area contributed by atoms with Gasteiger partial charge in [-0.3, -0.25) is 4.79 Å². The number of anilines is 1. The van der Waals surface area contributed by atoms with E-state index >= 15 is 0 Å². The summed E-state index contributed by atoms with van der Waals surface area (Å²) in [5, 5.41) is 7.24. The van der Waals surface area contributed by atoms with Gasteiger partial charge < -0.3 is 10.2 Å². The van der Waals surface area contributed by atoms with Crippen LogP contribution in [0.15, 0.2) is 60.7 Å². The molecule has 0 bridgehead atoms. The lowest BCUT2D eigenvalue weighted by Crippen LogP contribution is -2.37. The summed E-state index contributed by atoms with van der Waals surface area (Å²) in [6.45, 7) is 0.945. The molecular formula is C23H21F3N4O. The fourth-order valence-electron chi connectivity index (χ4n) is 4.41. The molecular weight excluding hydrogens is 405 g/mol. The third-order valence-electron chi connectivity index (χ3n) is 6.03. The second-order valence-electron chi connectivity index (χ2n) is 8.01. The van der Waals surface area contributed by atoms with Gasteiger partial charge in [-0.25, -0.2) is 4.68 Å². The molecule has 0 spiro atoms. The molecule has 3 aromatic rings. The van der Waals surface area contributed by atoms with Crippen LogP contribution < -0.4 is 5.32 Å². The van der Waals surface area contributed by atoms with Gasteiger partial charge >= 0.3 is 6.18 Å². The summed E-state index contributed by atoms with van der Waals surface area (Å²) in [6, 6.07) is 16.1. The number of nitrogens with zero attached hydrogens (tertiary/aromatic N) is 3. The Labute approximate surface area is 177 Å². The van der Waals surface area contributed by atoms with Gasteiger partial charge in [-0.15, -0.1) is 0 Å². The van der Waals surface area contributed by atoms with Crippen molar-refractivity contribution in [3.05, 3.63) is 83.0 Å². The smallest absolute Gasteiger partial charge is 0.363 e. The number of amides is 1. The van der Waals surface area contributed by atoms with E-state index in [1.165, 1.54) is 11.6 Å². The molecule has 1 aromatic heterocycles. The highest BCUT2D eigenvalue weighted by Crippen LogP contribution is 2.43. The Hall–Kier alpha value is -3.29. The summed E-state index contributed by atoms with van der Waals surface area (Å²) in [5.41, 5.74) is 3.05. The lowest BCUT2D eigenvalue weighted by atomic mass is 9.97. The first-order chi connectivity index (χ1) is 14.9. The number of halogens is 3. The zero-order valence-electron chi connectivity index (χ0n) is 16.6. The predicted molar refractivity (Wildman–Crippen MR) is 110 cm³/mol. The van der Waals surface area contributed by atoms with Gasteiger partial charge in [0.15, 0.2) is 11.7 Å². The molecule has 0 fully saturated rings. The molecule has 8 heteroatoms. The van der Waals surface area contributed by atoms with E-state index in [9.17, 15) is 18.0 Å². The van der Waals surface area contributed by atoms with Crippen molar-refractivity contribution >= 4 is 11.7 Å². The first-order valence-corrected chi connectivity index (χ1v) is 10.2. The molecule has 0 saturated carbocycles. The Balaban J connectivity index is 1.44. The van der Waals surface area contributed by atoms with Crippen LogP contribution in [0.5, 0.6) is 0 Å². The summed E-state index contributed by atoms with van der Waals surface area (Å²) in [7, 11) is 0. The minimum atomic E-state index is -4.47. The number of benzene rings is 2. The second-order valence-corrected chi connectivity index (χ2v) is 8.01. The van der Waals surface area contributed by atoms with Crippen molar-refractivity contribution < 1.29 is 18.0 Å².